The molecule has 104 valence electrons. The molecular formula is C10H6N4Na3O5S+. The van der Waals surface area contributed by atoms with Crippen LogP contribution in [0.15, 0.2) is 45.6 Å². The van der Waals surface area contributed by atoms with Gasteiger partial charge >= 0.3 is 88.7 Å². The Morgan fingerprint density at radius 2 is 1.65 bits per heavy atom. The van der Waals surface area contributed by atoms with E-state index in [1.165, 1.54) is 12.1 Å². The Kier molecular flexibility index (Phi) is 12.4. The van der Waals surface area contributed by atoms with Crippen LogP contribution in [0.4, 0.5) is 11.4 Å². The number of carboxylic acids is 1. The van der Waals surface area contributed by atoms with Crippen molar-refractivity contribution in [2.24, 2.45) is 10.2 Å². The SMILES string of the molecule is O=C([O-])c1[nH]ncc1N=Nc1ccc(S(=O)(=O)[O-])cc1.[Na+].[Na+].[Na+]. The third kappa shape index (κ3) is 7.45. The van der Waals surface area contributed by atoms with Gasteiger partial charge in [-0.2, -0.15) is 10.2 Å². The van der Waals surface area contributed by atoms with Gasteiger partial charge < -0.3 is 14.5 Å². The second-order valence-corrected chi connectivity index (χ2v) is 4.95. The van der Waals surface area contributed by atoms with E-state index < -0.39 is 21.0 Å². The van der Waals surface area contributed by atoms with E-state index in [4.69, 9.17) is 0 Å². The Balaban J connectivity index is 0. The van der Waals surface area contributed by atoms with E-state index in [0.717, 1.165) is 18.3 Å². The van der Waals surface area contributed by atoms with Crippen LogP contribution in [0.25, 0.3) is 0 Å². The van der Waals surface area contributed by atoms with Gasteiger partial charge in [0.15, 0.2) is 0 Å². The fourth-order valence-corrected chi connectivity index (χ4v) is 1.77. The fourth-order valence-electron chi connectivity index (χ4n) is 1.30. The Labute approximate surface area is 198 Å². The summed E-state index contributed by atoms with van der Waals surface area (Å²) in [7, 11) is -4.52. The summed E-state index contributed by atoms with van der Waals surface area (Å²) in [4.78, 5) is 10.3. The Morgan fingerprint density at radius 3 is 2.13 bits per heavy atom. The summed E-state index contributed by atoms with van der Waals surface area (Å²) in [5.74, 6) is -1.48. The van der Waals surface area contributed by atoms with Crippen LogP contribution < -0.4 is 93.8 Å². The Hall–Kier alpha value is 0.410. The van der Waals surface area contributed by atoms with Crippen LogP contribution in [0.5, 0.6) is 0 Å². The van der Waals surface area contributed by atoms with Gasteiger partial charge in [-0.05, 0) is 24.3 Å². The first-order valence-electron chi connectivity index (χ1n) is 5.10. The second-order valence-electron chi connectivity index (χ2n) is 3.57. The maximum Gasteiger partial charge on any atom is 1.00 e. The molecule has 0 saturated heterocycles. The van der Waals surface area contributed by atoms with Gasteiger partial charge in [-0.15, -0.1) is 5.11 Å². The molecule has 9 nitrogen and oxygen atoms in total. The van der Waals surface area contributed by atoms with Gasteiger partial charge in [0.25, 0.3) is 0 Å². The number of hydrogen-bond acceptors (Lipinski definition) is 8. The van der Waals surface area contributed by atoms with E-state index in [0.29, 0.717) is 0 Å². The predicted octanol–water partition coefficient (Wildman–Crippen LogP) is -8.90. The molecule has 0 aliphatic rings. The number of rotatable bonds is 4. The average molecular weight is 363 g/mol. The van der Waals surface area contributed by atoms with Crippen molar-refractivity contribution in [1.29, 1.82) is 0 Å². The number of benzene rings is 1. The van der Waals surface area contributed by atoms with Crippen LogP contribution in [-0.4, -0.2) is 29.1 Å². The minimum atomic E-state index is -4.52. The van der Waals surface area contributed by atoms with Crippen molar-refractivity contribution in [2.75, 3.05) is 0 Å². The largest absolute Gasteiger partial charge is 1.00 e. The van der Waals surface area contributed by atoms with Crippen LogP contribution in [0.1, 0.15) is 10.5 Å². The van der Waals surface area contributed by atoms with Crippen LogP contribution in [-0.2, 0) is 10.1 Å². The van der Waals surface area contributed by atoms with E-state index >= 15 is 0 Å². The molecule has 13 heteroatoms. The normalized spacial score (nSPS) is 10.3. The first-order chi connectivity index (χ1) is 9.38. The van der Waals surface area contributed by atoms with Crippen molar-refractivity contribution in [3.05, 3.63) is 36.2 Å². The zero-order chi connectivity index (χ0) is 14.8. The van der Waals surface area contributed by atoms with Crippen molar-refractivity contribution in [3.63, 3.8) is 0 Å². The van der Waals surface area contributed by atoms with Gasteiger partial charge in [0, 0.05) is 0 Å². The zero-order valence-electron chi connectivity index (χ0n) is 12.7. The number of carbonyl (C=O) groups is 1. The van der Waals surface area contributed by atoms with Gasteiger partial charge in [0.05, 0.1) is 22.7 Å². The number of carboxylic acid groups (broad SMARTS) is 1. The molecule has 0 aliphatic heterocycles. The van der Waals surface area contributed by atoms with Crippen LogP contribution in [0, 0.1) is 0 Å². The number of nitrogens with one attached hydrogen (secondary N) is 1. The number of hydrogen-bond donors (Lipinski definition) is 1. The predicted molar refractivity (Wildman–Crippen MR) is 61.5 cm³/mol. The number of aromatic amines is 1. The van der Waals surface area contributed by atoms with Crippen molar-refractivity contribution in [1.82, 2.24) is 10.2 Å². The van der Waals surface area contributed by atoms with Gasteiger partial charge in [0.1, 0.15) is 21.5 Å². The molecule has 0 amide bonds. The van der Waals surface area contributed by atoms with Crippen molar-refractivity contribution in [3.8, 4) is 0 Å². The van der Waals surface area contributed by atoms with Crippen LogP contribution >= 0.6 is 0 Å². The molecule has 1 heterocycles. The number of nitrogens with zero attached hydrogens (tertiary/aromatic N) is 3. The molecule has 1 aromatic carbocycles. The third-order valence-corrected chi connectivity index (χ3v) is 3.07. The molecule has 0 atom stereocenters. The summed E-state index contributed by atoms with van der Waals surface area (Å²) < 4.78 is 32.1. The third-order valence-electron chi connectivity index (χ3n) is 2.22. The van der Waals surface area contributed by atoms with Crippen LogP contribution in [0.2, 0.25) is 0 Å². The number of azo groups is 1. The molecule has 23 heavy (non-hydrogen) atoms. The molecule has 1 N–H and O–H groups in total. The number of carbonyl (C=O) groups excluding carboxylic acids is 1. The van der Waals surface area contributed by atoms with Crippen molar-refractivity contribution >= 4 is 27.5 Å². The number of aromatic nitrogens is 2. The summed E-state index contributed by atoms with van der Waals surface area (Å²) in [6, 6.07) is 4.66. The van der Waals surface area contributed by atoms with Crippen molar-refractivity contribution in [2.45, 2.75) is 4.90 Å². The molecule has 0 unspecified atom stereocenters. The topological polar surface area (TPSA) is 151 Å². The molecular weight excluding hydrogens is 357 g/mol. The smallest absolute Gasteiger partial charge is 0.744 e. The summed E-state index contributed by atoms with van der Waals surface area (Å²) >= 11 is 0. The summed E-state index contributed by atoms with van der Waals surface area (Å²) in [5, 5.41) is 23.7. The summed E-state index contributed by atoms with van der Waals surface area (Å²) in [6.45, 7) is 0. The van der Waals surface area contributed by atoms with E-state index in [1.54, 1.807) is 0 Å². The minimum absolute atomic E-state index is 0. The molecule has 0 fully saturated rings. The van der Waals surface area contributed by atoms with E-state index in [-0.39, 0.29) is 106 Å². The minimum Gasteiger partial charge on any atom is -0.744 e. The molecule has 0 radical (unpaired) electrons. The quantitative estimate of drug-likeness (QED) is 0.324. The average Bonchev–Trinajstić information content (AvgIpc) is 2.84. The van der Waals surface area contributed by atoms with Gasteiger partial charge in [-0.25, -0.2) is 8.42 Å². The summed E-state index contributed by atoms with van der Waals surface area (Å²) in [5.41, 5.74) is -0.124. The Morgan fingerprint density at radius 1 is 1.09 bits per heavy atom. The van der Waals surface area contributed by atoms with Gasteiger partial charge in [-0.3, -0.25) is 5.10 Å². The standard InChI is InChI=1S/C10H8N4O5S.3Na/c15-10(16)9-8(5-11-14-9)13-12-6-1-3-7(4-2-6)20(17,18)19;;;/h1-5H,(H,11,14)(H,15,16)(H,17,18,19);;;/q;3*+1/p-2. The molecule has 0 bridgehead atoms. The maximum atomic E-state index is 10.7. The molecule has 0 spiro atoms. The molecule has 2 rings (SSSR count). The molecule has 0 saturated carbocycles. The second kappa shape index (κ2) is 11.1. The first kappa shape index (κ1) is 25.6. The number of H-pyrrole nitrogens is 1. The van der Waals surface area contributed by atoms with E-state index in [9.17, 15) is 22.9 Å². The first-order valence-corrected chi connectivity index (χ1v) is 6.51. The number of aromatic carboxylic acids is 1. The zero-order valence-corrected chi connectivity index (χ0v) is 19.5. The Bertz CT molecular complexity index is 776. The maximum absolute atomic E-state index is 10.7. The fraction of sp³-hybridized carbons (Fsp3) is 0. The molecule has 2 aromatic rings. The van der Waals surface area contributed by atoms with Crippen molar-refractivity contribution < 1.29 is 112 Å². The molecule has 0 aliphatic carbocycles. The molecule has 1 aromatic heterocycles. The van der Waals surface area contributed by atoms with Crippen LogP contribution in [0.3, 0.4) is 0 Å². The van der Waals surface area contributed by atoms with E-state index in [1.807, 2.05) is 0 Å². The monoisotopic (exact) mass is 363 g/mol. The summed E-state index contributed by atoms with van der Waals surface area (Å²) in [6.07, 6.45) is 1.14. The van der Waals surface area contributed by atoms with E-state index in [2.05, 4.69) is 20.4 Å². The van der Waals surface area contributed by atoms with Gasteiger partial charge in [0.2, 0.25) is 0 Å². The van der Waals surface area contributed by atoms with Gasteiger partial charge in [-0.1, -0.05) is 0 Å².